The first-order valence-electron chi connectivity index (χ1n) is 5.35. The van der Waals surface area contributed by atoms with Gasteiger partial charge in [0.2, 0.25) is 0 Å². The zero-order chi connectivity index (χ0) is 9.97. The summed E-state index contributed by atoms with van der Waals surface area (Å²) >= 11 is 0. The first-order chi connectivity index (χ1) is 6.75. The molecule has 1 aliphatic carbocycles. The average Bonchev–Trinajstić information content (AvgIpc) is 3.00. The molecular formula is C12H18N2. The molecule has 76 valence electrons. The predicted octanol–water partition coefficient (Wildman–Crippen LogP) is 2.73. The number of rotatable bonds is 4. The molecule has 0 bridgehead atoms. The molecule has 1 atom stereocenters. The molecule has 1 aliphatic rings. The fraction of sp³-hybridized carbons (Fsp3) is 0.500. The number of anilines is 2. The lowest BCUT2D eigenvalue weighted by molar-refractivity contribution is 0.536. The minimum atomic E-state index is 0.799. The Morgan fingerprint density at radius 1 is 1.36 bits per heavy atom. The van der Waals surface area contributed by atoms with Crippen LogP contribution in [0.25, 0.3) is 0 Å². The summed E-state index contributed by atoms with van der Waals surface area (Å²) in [6.45, 7) is 3.40. The van der Waals surface area contributed by atoms with Crippen molar-refractivity contribution in [2.75, 3.05) is 17.6 Å². The molecule has 0 aliphatic heterocycles. The van der Waals surface area contributed by atoms with Crippen LogP contribution in [0.2, 0.25) is 0 Å². The van der Waals surface area contributed by atoms with Gasteiger partial charge in [0.1, 0.15) is 0 Å². The van der Waals surface area contributed by atoms with Gasteiger partial charge in [-0.05, 0) is 48.9 Å². The molecule has 2 rings (SSSR count). The van der Waals surface area contributed by atoms with Gasteiger partial charge < -0.3 is 11.1 Å². The third-order valence-electron chi connectivity index (χ3n) is 2.97. The number of hydrogen-bond acceptors (Lipinski definition) is 2. The summed E-state index contributed by atoms with van der Waals surface area (Å²) in [5, 5.41) is 3.44. The van der Waals surface area contributed by atoms with E-state index in [9.17, 15) is 0 Å². The van der Waals surface area contributed by atoms with E-state index in [0.29, 0.717) is 0 Å². The minimum Gasteiger partial charge on any atom is -0.399 e. The van der Waals surface area contributed by atoms with Gasteiger partial charge in [0.25, 0.3) is 0 Å². The van der Waals surface area contributed by atoms with E-state index in [1.165, 1.54) is 18.5 Å². The number of nitrogens with two attached hydrogens (primary N) is 1. The van der Waals surface area contributed by atoms with Crippen molar-refractivity contribution in [2.24, 2.45) is 11.8 Å². The van der Waals surface area contributed by atoms with Crippen LogP contribution >= 0.6 is 0 Å². The molecular weight excluding hydrogens is 172 g/mol. The molecule has 1 aromatic rings. The van der Waals surface area contributed by atoms with Gasteiger partial charge in [-0.2, -0.15) is 0 Å². The molecule has 2 nitrogen and oxygen atoms in total. The summed E-state index contributed by atoms with van der Waals surface area (Å²) in [5.41, 5.74) is 7.61. The second-order valence-electron chi connectivity index (χ2n) is 4.32. The van der Waals surface area contributed by atoms with E-state index >= 15 is 0 Å². The summed E-state index contributed by atoms with van der Waals surface area (Å²) in [7, 11) is 0. The van der Waals surface area contributed by atoms with Crippen LogP contribution < -0.4 is 11.1 Å². The Kier molecular flexibility index (Phi) is 2.62. The fourth-order valence-corrected chi connectivity index (χ4v) is 1.71. The molecule has 0 radical (unpaired) electrons. The van der Waals surface area contributed by atoms with Gasteiger partial charge in [0.15, 0.2) is 0 Å². The summed E-state index contributed by atoms with van der Waals surface area (Å²) in [5.74, 6) is 1.77. The van der Waals surface area contributed by atoms with E-state index in [-0.39, 0.29) is 0 Å². The van der Waals surface area contributed by atoms with Gasteiger partial charge in [0, 0.05) is 17.9 Å². The molecule has 1 aromatic carbocycles. The van der Waals surface area contributed by atoms with Crippen LogP contribution in [0.4, 0.5) is 11.4 Å². The van der Waals surface area contributed by atoms with Crippen molar-refractivity contribution < 1.29 is 0 Å². The summed E-state index contributed by atoms with van der Waals surface area (Å²) < 4.78 is 0. The Bertz CT molecular complexity index is 288. The van der Waals surface area contributed by atoms with Gasteiger partial charge in [-0.3, -0.25) is 0 Å². The smallest absolute Gasteiger partial charge is 0.0341 e. The largest absolute Gasteiger partial charge is 0.399 e. The van der Waals surface area contributed by atoms with Crippen molar-refractivity contribution >= 4 is 11.4 Å². The van der Waals surface area contributed by atoms with Gasteiger partial charge in [-0.25, -0.2) is 0 Å². The third-order valence-corrected chi connectivity index (χ3v) is 2.97. The van der Waals surface area contributed by atoms with Gasteiger partial charge in [-0.15, -0.1) is 0 Å². The highest BCUT2D eigenvalue weighted by molar-refractivity contribution is 5.51. The predicted molar refractivity (Wildman–Crippen MR) is 61.2 cm³/mol. The highest BCUT2D eigenvalue weighted by Gasteiger charge is 2.27. The van der Waals surface area contributed by atoms with E-state index in [1.807, 2.05) is 24.3 Å². The van der Waals surface area contributed by atoms with E-state index < -0.39 is 0 Å². The van der Waals surface area contributed by atoms with Crippen LogP contribution in [0.1, 0.15) is 19.8 Å². The van der Waals surface area contributed by atoms with Crippen molar-refractivity contribution in [3.8, 4) is 0 Å². The lowest BCUT2D eigenvalue weighted by Gasteiger charge is -2.12. The average molecular weight is 190 g/mol. The molecule has 0 spiro atoms. The quantitative estimate of drug-likeness (QED) is 0.716. The number of hydrogen-bond donors (Lipinski definition) is 2. The van der Waals surface area contributed by atoms with E-state index in [1.54, 1.807) is 0 Å². The Morgan fingerprint density at radius 2 is 2.00 bits per heavy atom. The van der Waals surface area contributed by atoms with Crippen molar-refractivity contribution in [1.82, 2.24) is 0 Å². The Labute approximate surface area is 85.5 Å². The normalized spacial score (nSPS) is 17.8. The standard InChI is InChI=1S/C12H18N2/c1-9(10-2-3-10)8-14-12-6-4-11(13)5-7-12/h4-7,9-10,14H,2-3,8,13H2,1H3. The summed E-state index contributed by atoms with van der Waals surface area (Å²) in [6, 6.07) is 7.94. The van der Waals surface area contributed by atoms with E-state index in [2.05, 4.69) is 12.2 Å². The molecule has 1 unspecified atom stereocenters. The second kappa shape index (κ2) is 3.91. The third kappa shape index (κ3) is 2.41. The second-order valence-corrected chi connectivity index (χ2v) is 4.32. The first-order valence-corrected chi connectivity index (χ1v) is 5.35. The maximum absolute atomic E-state index is 5.61. The molecule has 0 aromatic heterocycles. The molecule has 3 N–H and O–H groups in total. The van der Waals surface area contributed by atoms with Crippen LogP contribution in [0.5, 0.6) is 0 Å². The van der Waals surface area contributed by atoms with E-state index in [0.717, 1.165) is 24.1 Å². The maximum atomic E-state index is 5.61. The highest BCUT2D eigenvalue weighted by Crippen LogP contribution is 2.36. The number of nitrogens with one attached hydrogen (secondary N) is 1. The van der Waals surface area contributed by atoms with Crippen LogP contribution in [-0.4, -0.2) is 6.54 Å². The topological polar surface area (TPSA) is 38.0 Å². The van der Waals surface area contributed by atoms with Crippen LogP contribution in [-0.2, 0) is 0 Å². The maximum Gasteiger partial charge on any atom is 0.0341 e. The van der Waals surface area contributed by atoms with Crippen molar-refractivity contribution in [1.29, 1.82) is 0 Å². The van der Waals surface area contributed by atoms with Crippen molar-refractivity contribution in [3.63, 3.8) is 0 Å². The van der Waals surface area contributed by atoms with Gasteiger partial charge in [0.05, 0.1) is 0 Å². The summed E-state index contributed by atoms with van der Waals surface area (Å²) in [4.78, 5) is 0. The summed E-state index contributed by atoms with van der Waals surface area (Å²) in [6.07, 6.45) is 2.84. The van der Waals surface area contributed by atoms with E-state index in [4.69, 9.17) is 5.73 Å². The lowest BCUT2D eigenvalue weighted by atomic mass is 10.1. The highest BCUT2D eigenvalue weighted by atomic mass is 14.9. The molecule has 0 saturated heterocycles. The van der Waals surface area contributed by atoms with Crippen LogP contribution in [0.3, 0.4) is 0 Å². The van der Waals surface area contributed by atoms with Crippen LogP contribution in [0, 0.1) is 11.8 Å². The van der Waals surface area contributed by atoms with Crippen molar-refractivity contribution in [2.45, 2.75) is 19.8 Å². The molecule has 1 saturated carbocycles. The monoisotopic (exact) mass is 190 g/mol. The van der Waals surface area contributed by atoms with Gasteiger partial charge >= 0.3 is 0 Å². The zero-order valence-corrected chi connectivity index (χ0v) is 8.66. The Morgan fingerprint density at radius 3 is 2.57 bits per heavy atom. The molecule has 1 fully saturated rings. The molecule has 0 amide bonds. The minimum absolute atomic E-state index is 0.799. The zero-order valence-electron chi connectivity index (χ0n) is 8.66. The molecule has 14 heavy (non-hydrogen) atoms. The molecule has 2 heteroatoms. The number of benzene rings is 1. The lowest BCUT2D eigenvalue weighted by Crippen LogP contribution is -2.12. The first kappa shape index (κ1) is 9.38. The SMILES string of the molecule is CC(CNc1ccc(N)cc1)C1CC1. The molecule has 0 heterocycles. The number of nitrogen functional groups attached to an aromatic ring is 1. The fourth-order valence-electron chi connectivity index (χ4n) is 1.71. The Balaban J connectivity index is 1.82. The van der Waals surface area contributed by atoms with Crippen LogP contribution in [0.15, 0.2) is 24.3 Å². The van der Waals surface area contributed by atoms with Crippen molar-refractivity contribution in [3.05, 3.63) is 24.3 Å². The van der Waals surface area contributed by atoms with Gasteiger partial charge in [-0.1, -0.05) is 6.92 Å². The Hall–Kier alpha value is -1.18.